The van der Waals surface area contributed by atoms with Gasteiger partial charge in [-0.05, 0) is 77.4 Å². The van der Waals surface area contributed by atoms with Crippen molar-refractivity contribution >= 4 is 39.5 Å². The molecule has 174 valence electrons. The molecule has 0 saturated carbocycles. The number of amides is 1. The van der Waals surface area contributed by atoms with Crippen molar-refractivity contribution in [2.24, 2.45) is 0 Å². The maximum Gasteiger partial charge on any atom is 0.254 e. The van der Waals surface area contributed by atoms with Crippen LogP contribution in [0.15, 0.2) is 67.8 Å². The van der Waals surface area contributed by atoms with Crippen LogP contribution in [0.2, 0.25) is 0 Å². The lowest BCUT2D eigenvalue weighted by molar-refractivity contribution is 0.0950. The van der Waals surface area contributed by atoms with Crippen molar-refractivity contribution in [3.63, 3.8) is 0 Å². The van der Waals surface area contributed by atoms with Crippen LogP contribution in [0.1, 0.15) is 38.2 Å². The Balaban J connectivity index is 1.30. The molecule has 3 N–H and O–H groups in total. The summed E-state index contributed by atoms with van der Waals surface area (Å²) in [6, 6.07) is 12.1. The van der Waals surface area contributed by atoms with Crippen molar-refractivity contribution < 1.29 is 4.79 Å². The summed E-state index contributed by atoms with van der Waals surface area (Å²) in [6.45, 7) is 8.85. The summed E-state index contributed by atoms with van der Waals surface area (Å²) in [7, 11) is 0. The van der Waals surface area contributed by atoms with Gasteiger partial charge in [0, 0.05) is 35.9 Å². The molecule has 0 saturated heterocycles. The number of aryl methyl sites for hydroxylation is 2. The van der Waals surface area contributed by atoms with Gasteiger partial charge in [-0.1, -0.05) is 18.7 Å². The third-order valence-corrected chi connectivity index (χ3v) is 6.38. The number of aromatic nitrogens is 4. The number of nitrogens with two attached hydrogens (primary N) is 1. The molecule has 0 aliphatic rings. The van der Waals surface area contributed by atoms with Gasteiger partial charge in [0.25, 0.3) is 5.91 Å². The van der Waals surface area contributed by atoms with Gasteiger partial charge in [0.1, 0.15) is 5.82 Å². The van der Waals surface area contributed by atoms with Crippen LogP contribution in [-0.4, -0.2) is 25.7 Å². The van der Waals surface area contributed by atoms with E-state index in [0.29, 0.717) is 24.5 Å². The highest BCUT2D eigenvalue weighted by molar-refractivity contribution is 5.95. The Labute approximate surface area is 203 Å². The Morgan fingerprint density at radius 2 is 1.97 bits per heavy atom. The first-order chi connectivity index (χ1) is 16.9. The molecule has 0 bridgehead atoms. The molecule has 0 aliphatic heterocycles. The van der Waals surface area contributed by atoms with E-state index < -0.39 is 0 Å². The van der Waals surface area contributed by atoms with Gasteiger partial charge in [-0.25, -0.2) is 4.98 Å². The number of carbonyl (C=O) groups excluding carboxylic acids is 1. The Morgan fingerprint density at radius 3 is 2.80 bits per heavy atom. The first kappa shape index (κ1) is 22.3. The number of nitrogen functional groups attached to an aromatic ring is 1. The molecule has 1 amide bonds. The maximum atomic E-state index is 12.9. The predicted octanol–water partition coefficient (Wildman–Crippen LogP) is 4.80. The van der Waals surface area contributed by atoms with Crippen LogP contribution >= 0.6 is 0 Å². The summed E-state index contributed by atoms with van der Waals surface area (Å²) in [5, 5.41) is 10.5. The van der Waals surface area contributed by atoms with Crippen LogP contribution in [0.5, 0.6) is 0 Å². The number of benzene rings is 2. The second-order valence-corrected chi connectivity index (χ2v) is 8.70. The Bertz CT molecular complexity index is 1600. The summed E-state index contributed by atoms with van der Waals surface area (Å²) < 4.78 is 1.77. The molecule has 5 aromatic rings. The number of hydrogen-bond donors (Lipinski definition) is 2. The lowest BCUT2D eigenvalue weighted by Gasteiger charge is -2.14. The van der Waals surface area contributed by atoms with Crippen LogP contribution < -0.4 is 11.1 Å². The van der Waals surface area contributed by atoms with E-state index in [0.717, 1.165) is 49.5 Å². The lowest BCUT2D eigenvalue weighted by atomic mass is 9.96. The molecular weight excluding hydrogens is 436 g/mol. The van der Waals surface area contributed by atoms with Gasteiger partial charge in [0.05, 0.1) is 23.8 Å². The fraction of sp³-hybridized carbons (Fsp3) is 0.143. The van der Waals surface area contributed by atoms with Crippen molar-refractivity contribution in [2.45, 2.75) is 26.9 Å². The Morgan fingerprint density at radius 1 is 1.11 bits per heavy atom. The third kappa shape index (κ3) is 4.36. The highest BCUT2D eigenvalue weighted by Gasteiger charge is 2.13. The number of pyridine rings is 2. The first-order valence-electron chi connectivity index (χ1n) is 11.4. The van der Waals surface area contributed by atoms with Crippen molar-refractivity contribution in [3.8, 4) is 0 Å². The smallest absolute Gasteiger partial charge is 0.254 e. The summed E-state index contributed by atoms with van der Waals surface area (Å²) in [5.41, 5.74) is 12.8. The minimum Gasteiger partial charge on any atom is -0.383 e. The van der Waals surface area contributed by atoms with E-state index in [-0.39, 0.29) is 5.91 Å². The molecule has 3 heterocycles. The maximum absolute atomic E-state index is 12.9. The number of carbonyl (C=O) groups is 1. The summed E-state index contributed by atoms with van der Waals surface area (Å²) in [4.78, 5) is 21.5. The van der Waals surface area contributed by atoms with Gasteiger partial charge in [-0.15, -0.1) is 0 Å². The van der Waals surface area contributed by atoms with Crippen LogP contribution in [-0.2, 0) is 13.1 Å². The van der Waals surface area contributed by atoms with E-state index in [2.05, 4.69) is 39.1 Å². The highest BCUT2D eigenvalue weighted by Crippen LogP contribution is 2.28. The fourth-order valence-electron chi connectivity index (χ4n) is 4.44. The van der Waals surface area contributed by atoms with Crippen LogP contribution in [0.4, 0.5) is 5.82 Å². The third-order valence-electron chi connectivity index (χ3n) is 6.38. The van der Waals surface area contributed by atoms with E-state index >= 15 is 0 Å². The SMILES string of the molecule is C=Cc1cnc2ccc(Cn3cc(C(=O)NCc4c(C)cc5c(N)nccc5c4C)cn3)cc2c1. The number of rotatable bonds is 6. The molecule has 2 aromatic carbocycles. The van der Waals surface area contributed by atoms with Gasteiger partial charge in [-0.2, -0.15) is 5.10 Å². The molecule has 0 unspecified atom stereocenters. The average Bonchev–Trinajstić information content (AvgIpc) is 3.32. The minimum absolute atomic E-state index is 0.164. The summed E-state index contributed by atoms with van der Waals surface area (Å²) >= 11 is 0. The van der Waals surface area contributed by atoms with Crippen molar-refractivity contribution in [2.75, 3.05) is 5.73 Å². The van der Waals surface area contributed by atoms with Crippen LogP contribution in [0.3, 0.4) is 0 Å². The monoisotopic (exact) mass is 462 g/mol. The number of fused-ring (bicyclic) bond motifs is 2. The lowest BCUT2D eigenvalue weighted by Crippen LogP contribution is -2.23. The fourth-order valence-corrected chi connectivity index (χ4v) is 4.44. The van der Waals surface area contributed by atoms with Crippen LogP contribution in [0, 0.1) is 13.8 Å². The standard InChI is InChI=1S/C28H26N6O/c1-4-19-10-21-11-20(5-6-26(21)31-12-19)15-34-16-22(13-33-34)28(35)32-14-25-17(2)9-24-23(18(25)3)7-8-30-27(24)29/h4-13,16H,1,14-15H2,2-3H3,(H2,29,30)(H,32,35). The van der Waals surface area contributed by atoms with E-state index in [1.54, 1.807) is 35.5 Å². The highest BCUT2D eigenvalue weighted by atomic mass is 16.1. The van der Waals surface area contributed by atoms with Gasteiger partial charge in [0.15, 0.2) is 0 Å². The molecule has 35 heavy (non-hydrogen) atoms. The normalized spacial score (nSPS) is 11.1. The molecule has 0 atom stereocenters. The molecule has 0 aliphatic carbocycles. The van der Waals surface area contributed by atoms with Gasteiger partial charge in [-0.3, -0.25) is 14.5 Å². The molecule has 7 nitrogen and oxygen atoms in total. The Kier molecular flexibility index (Phi) is 5.74. The molecule has 3 aromatic heterocycles. The predicted molar refractivity (Wildman–Crippen MR) is 140 cm³/mol. The van der Waals surface area contributed by atoms with Gasteiger partial charge in [0.2, 0.25) is 0 Å². The zero-order valence-corrected chi connectivity index (χ0v) is 19.7. The summed E-state index contributed by atoms with van der Waals surface area (Å²) in [6.07, 6.45) is 8.66. The largest absolute Gasteiger partial charge is 0.383 e. The van der Waals surface area contributed by atoms with E-state index in [1.807, 2.05) is 38.1 Å². The number of hydrogen-bond acceptors (Lipinski definition) is 5. The van der Waals surface area contributed by atoms with Crippen molar-refractivity contribution in [1.29, 1.82) is 0 Å². The minimum atomic E-state index is -0.164. The van der Waals surface area contributed by atoms with E-state index in [4.69, 9.17) is 5.73 Å². The number of anilines is 1. The Hall–Kier alpha value is -4.52. The van der Waals surface area contributed by atoms with Gasteiger partial charge >= 0.3 is 0 Å². The van der Waals surface area contributed by atoms with E-state index in [1.165, 1.54) is 0 Å². The van der Waals surface area contributed by atoms with Crippen molar-refractivity contribution in [1.82, 2.24) is 25.1 Å². The molecular formula is C28H26N6O. The molecule has 5 rings (SSSR count). The quantitative estimate of drug-likeness (QED) is 0.378. The topological polar surface area (TPSA) is 98.7 Å². The van der Waals surface area contributed by atoms with E-state index in [9.17, 15) is 4.79 Å². The zero-order valence-electron chi connectivity index (χ0n) is 19.7. The van der Waals surface area contributed by atoms with Crippen molar-refractivity contribution in [3.05, 3.63) is 101 Å². The van der Waals surface area contributed by atoms with Crippen LogP contribution in [0.25, 0.3) is 27.8 Å². The second kappa shape index (κ2) is 9.02. The number of nitrogens with one attached hydrogen (secondary N) is 1. The molecule has 0 radical (unpaired) electrons. The first-order valence-corrected chi connectivity index (χ1v) is 11.4. The molecule has 0 spiro atoms. The second-order valence-electron chi connectivity index (χ2n) is 8.70. The molecule has 7 heteroatoms. The number of nitrogens with zero attached hydrogens (tertiary/aromatic N) is 4. The zero-order chi connectivity index (χ0) is 24.5. The van der Waals surface area contributed by atoms with Gasteiger partial charge < -0.3 is 11.1 Å². The summed E-state index contributed by atoms with van der Waals surface area (Å²) in [5.74, 6) is 0.350. The molecule has 0 fully saturated rings. The average molecular weight is 463 g/mol.